The summed E-state index contributed by atoms with van der Waals surface area (Å²) in [5.74, 6) is 0.879. The van der Waals surface area contributed by atoms with E-state index in [1.54, 1.807) is 7.11 Å². The van der Waals surface area contributed by atoms with Gasteiger partial charge in [0.25, 0.3) is 0 Å². The van der Waals surface area contributed by atoms with Gasteiger partial charge in [-0.1, -0.05) is 12.1 Å². The van der Waals surface area contributed by atoms with Gasteiger partial charge in [0.15, 0.2) is 0 Å². The summed E-state index contributed by atoms with van der Waals surface area (Å²) in [6, 6.07) is 19.6. The minimum Gasteiger partial charge on any atom is -0.497 e. The van der Waals surface area contributed by atoms with Gasteiger partial charge < -0.3 is 18.8 Å². The van der Waals surface area contributed by atoms with Crippen LogP contribution in [-0.2, 0) is 16.0 Å². The lowest BCUT2D eigenvalue weighted by atomic mass is 10.1. The Hall–Kier alpha value is -3.71. The molecule has 7 nitrogen and oxygen atoms in total. The molecule has 1 aliphatic rings. The summed E-state index contributed by atoms with van der Waals surface area (Å²) >= 11 is 0. The minimum absolute atomic E-state index is 0.0726. The number of pyridine rings is 2. The first-order chi connectivity index (χ1) is 16.1. The number of benzene rings is 1. The van der Waals surface area contributed by atoms with Crippen LogP contribution in [0.1, 0.15) is 23.2 Å². The normalized spacial score (nSPS) is 16.2. The van der Waals surface area contributed by atoms with E-state index in [0.29, 0.717) is 26.1 Å². The van der Waals surface area contributed by atoms with Gasteiger partial charge >= 0.3 is 0 Å². The van der Waals surface area contributed by atoms with Crippen molar-refractivity contribution < 1.29 is 14.3 Å². The number of hydrogen-bond donors (Lipinski definition) is 0. The maximum Gasteiger partial charge on any atom is 0.228 e. The third-order valence-electron chi connectivity index (χ3n) is 6.05. The van der Waals surface area contributed by atoms with Crippen LogP contribution in [0.5, 0.6) is 5.75 Å². The maximum atomic E-state index is 13.2. The van der Waals surface area contributed by atoms with Crippen LogP contribution in [0, 0.1) is 6.92 Å². The second-order valence-corrected chi connectivity index (χ2v) is 8.12. The lowest BCUT2D eigenvalue weighted by Gasteiger charge is -2.33. The highest BCUT2D eigenvalue weighted by atomic mass is 16.5. The highest BCUT2D eigenvalue weighted by Gasteiger charge is 2.27. The van der Waals surface area contributed by atoms with E-state index in [1.807, 2.05) is 83.1 Å². The number of rotatable bonds is 5. The van der Waals surface area contributed by atoms with Crippen LogP contribution in [-0.4, -0.2) is 52.0 Å². The number of morpholine rings is 1. The summed E-state index contributed by atoms with van der Waals surface area (Å²) in [7, 11) is 1.65. The Morgan fingerprint density at radius 3 is 2.76 bits per heavy atom. The molecule has 0 bridgehead atoms. The van der Waals surface area contributed by atoms with Gasteiger partial charge in [-0.3, -0.25) is 4.79 Å². The van der Waals surface area contributed by atoms with Crippen LogP contribution in [0.25, 0.3) is 16.9 Å². The fourth-order valence-electron chi connectivity index (χ4n) is 4.24. The molecule has 0 aliphatic carbocycles. The summed E-state index contributed by atoms with van der Waals surface area (Å²) in [5.41, 5.74) is 5.36. The van der Waals surface area contributed by atoms with Gasteiger partial charge in [0.1, 0.15) is 17.5 Å². The molecule has 4 aromatic rings. The van der Waals surface area contributed by atoms with Crippen LogP contribution in [0.3, 0.4) is 0 Å². The largest absolute Gasteiger partial charge is 0.497 e. The smallest absolute Gasteiger partial charge is 0.228 e. The molecule has 1 aromatic carbocycles. The van der Waals surface area contributed by atoms with Crippen molar-refractivity contribution in [2.24, 2.45) is 0 Å². The predicted molar refractivity (Wildman–Crippen MR) is 125 cm³/mol. The van der Waals surface area contributed by atoms with Crippen LogP contribution < -0.4 is 4.74 Å². The number of aromatic nitrogens is 3. The summed E-state index contributed by atoms with van der Waals surface area (Å²) in [6.07, 6.45) is 2.00. The van der Waals surface area contributed by atoms with E-state index in [4.69, 9.17) is 14.5 Å². The Morgan fingerprint density at radius 2 is 1.94 bits per heavy atom. The number of carbonyl (C=O) groups excluding carboxylic acids is 1. The van der Waals surface area contributed by atoms with E-state index in [0.717, 1.165) is 39.7 Å². The number of imidazole rings is 1. The summed E-state index contributed by atoms with van der Waals surface area (Å²) < 4.78 is 13.2. The summed E-state index contributed by atoms with van der Waals surface area (Å²) in [4.78, 5) is 24.5. The van der Waals surface area contributed by atoms with Crippen LogP contribution >= 0.6 is 0 Å². The molecule has 0 spiro atoms. The number of hydrogen-bond acceptors (Lipinski definition) is 5. The lowest BCUT2D eigenvalue weighted by molar-refractivity contribution is -0.138. The number of ether oxygens (including phenoxy) is 2. The van der Waals surface area contributed by atoms with Crippen molar-refractivity contribution >= 4 is 11.6 Å². The van der Waals surface area contributed by atoms with Crippen LogP contribution in [0.4, 0.5) is 0 Å². The molecule has 1 aliphatic heterocycles. The van der Waals surface area contributed by atoms with Gasteiger partial charge in [-0.05, 0) is 55.5 Å². The molecule has 4 heterocycles. The average Bonchev–Trinajstić information content (AvgIpc) is 3.19. The fraction of sp³-hybridized carbons (Fsp3) is 0.269. The fourth-order valence-corrected chi connectivity index (χ4v) is 4.24. The van der Waals surface area contributed by atoms with Crippen molar-refractivity contribution in [3.63, 3.8) is 0 Å². The van der Waals surface area contributed by atoms with Gasteiger partial charge in [-0.25, -0.2) is 9.97 Å². The van der Waals surface area contributed by atoms with Crippen molar-refractivity contribution in [2.45, 2.75) is 19.4 Å². The topological polar surface area (TPSA) is 69.0 Å². The number of nitrogens with zero attached hydrogens (tertiary/aromatic N) is 4. The maximum absolute atomic E-state index is 13.2. The molecule has 3 aromatic heterocycles. The van der Waals surface area contributed by atoms with Crippen molar-refractivity contribution in [1.82, 2.24) is 19.3 Å². The van der Waals surface area contributed by atoms with E-state index in [1.165, 1.54) is 0 Å². The standard InChI is InChI=1S/C26H26N4O3/c1-18-23(30-13-4-3-8-25(30)27-18)16-26(31)29-14-15-33-24(17-29)22-7-5-6-21(28-22)19-9-11-20(32-2)12-10-19/h3-13,24H,14-17H2,1-2H3/t24-/m0/s1. The Balaban J connectivity index is 1.32. The van der Waals surface area contributed by atoms with E-state index in [-0.39, 0.29) is 12.0 Å². The highest BCUT2D eigenvalue weighted by molar-refractivity contribution is 5.79. The molecule has 168 valence electrons. The average molecular weight is 443 g/mol. The molecular formula is C26H26N4O3. The molecule has 1 amide bonds. The van der Waals surface area contributed by atoms with E-state index in [2.05, 4.69) is 4.98 Å². The molecule has 33 heavy (non-hydrogen) atoms. The minimum atomic E-state index is -0.260. The number of amides is 1. The molecule has 7 heteroatoms. The number of aryl methyl sites for hydroxylation is 1. The van der Waals surface area contributed by atoms with Crippen molar-refractivity contribution in [1.29, 1.82) is 0 Å². The second-order valence-electron chi connectivity index (χ2n) is 8.12. The zero-order valence-corrected chi connectivity index (χ0v) is 18.8. The highest BCUT2D eigenvalue weighted by Crippen LogP contribution is 2.26. The van der Waals surface area contributed by atoms with Crippen LogP contribution in [0.15, 0.2) is 66.9 Å². The van der Waals surface area contributed by atoms with Crippen molar-refractivity contribution in [3.8, 4) is 17.0 Å². The van der Waals surface area contributed by atoms with Crippen molar-refractivity contribution in [2.75, 3.05) is 26.8 Å². The first-order valence-corrected chi connectivity index (χ1v) is 11.1. The monoisotopic (exact) mass is 442 g/mol. The Labute approximate surface area is 192 Å². The van der Waals surface area contributed by atoms with E-state index >= 15 is 0 Å². The Kier molecular flexibility index (Phi) is 5.79. The third kappa shape index (κ3) is 4.32. The third-order valence-corrected chi connectivity index (χ3v) is 6.05. The Morgan fingerprint density at radius 1 is 1.09 bits per heavy atom. The van der Waals surface area contributed by atoms with Crippen LogP contribution in [0.2, 0.25) is 0 Å². The zero-order chi connectivity index (χ0) is 22.8. The van der Waals surface area contributed by atoms with Gasteiger partial charge in [0.05, 0.1) is 49.5 Å². The summed E-state index contributed by atoms with van der Waals surface area (Å²) in [6.45, 7) is 3.49. The molecule has 0 saturated carbocycles. The van der Waals surface area contributed by atoms with Crippen molar-refractivity contribution in [3.05, 3.63) is 83.9 Å². The predicted octanol–water partition coefficient (Wildman–Crippen LogP) is 3.86. The lowest BCUT2D eigenvalue weighted by Crippen LogP contribution is -2.43. The number of methoxy groups -OCH3 is 1. The molecule has 1 saturated heterocycles. The Bertz CT molecular complexity index is 1280. The summed E-state index contributed by atoms with van der Waals surface area (Å²) in [5, 5.41) is 0. The van der Waals surface area contributed by atoms with Gasteiger partial charge in [-0.15, -0.1) is 0 Å². The van der Waals surface area contributed by atoms with Gasteiger partial charge in [0.2, 0.25) is 5.91 Å². The molecular weight excluding hydrogens is 416 g/mol. The quantitative estimate of drug-likeness (QED) is 0.470. The molecule has 5 rings (SSSR count). The molecule has 0 N–H and O–H groups in total. The first kappa shape index (κ1) is 21.2. The first-order valence-electron chi connectivity index (χ1n) is 11.1. The molecule has 0 unspecified atom stereocenters. The number of carbonyl (C=O) groups is 1. The van der Waals surface area contributed by atoms with Gasteiger partial charge in [0, 0.05) is 18.3 Å². The molecule has 1 fully saturated rings. The van der Waals surface area contributed by atoms with E-state index < -0.39 is 0 Å². The molecule has 0 radical (unpaired) electrons. The molecule has 1 atom stereocenters. The SMILES string of the molecule is COc1ccc(-c2cccc([C@@H]3CN(C(=O)Cc4c(C)nc5ccccn45)CCO3)n2)cc1. The second kappa shape index (κ2) is 9.03. The number of fused-ring (bicyclic) bond motifs is 1. The van der Waals surface area contributed by atoms with Gasteiger partial charge in [-0.2, -0.15) is 0 Å². The van der Waals surface area contributed by atoms with E-state index in [9.17, 15) is 4.79 Å². The zero-order valence-electron chi connectivity index (χ0n) is 18.8.